The predicted octanol–water partition coefficient (Wildman–Crippen LogP) is 1.20. The minimum Gasteiger partial charge on any atom is -0.458 e. The highest BCUT2D eigenvalue weighted by Crippen LogP contribution is 2.11. The monoisotopic (exact) mass is 335 g/mol. The largest absolute Gasteiger partial charge is 0.458 e. The van der Waals surface area contributed by atoms with Crippen molar-refractivity contribution >= 4 is 28.2 Å². The first-order valence-electron chi connectivity index (χ1n) is 7.53. The van der Waals surface area contributed by atoms with Crippen LogP contribution in [0.2, 0.25) is 0 Å². The van der Waals surface area contributed by atoms with Crippen molar-refractivity contribution in [1.29, 1.82) is 0 Å². The first-order valence-corrected chi connectivity index (χ1v) is 8.40. The number of thiazole rings is 1. The number of esters is 1. The lowest BCUT2D eigenvalue weighted by Crippen LogP contribution is -2.36. The number of rotatable bonds is 4. The van der Waals surface area contributed by atoms with Gasteiger partial charge < -0.3 is 9.64 Å². The van der Waals surface area contributed by atoms with Gasteiger partial charge in [0.25, 0.3) is 5.56 Å². The smallest absolute Gasteiger partial charge is 0.326 e. The van der Waals surface area contributed by atoms with Crippen LogP contribution in [0.25, 0.3) is 4.96 Å². The number of fused-ring (bicyclic) bond motifs is 1. The summed E-state index contributed by atoms with van der Waals surface area (Å²) in [5.74, 6) is -0.482. The van der Waals surface area contributed by atoms with Crippen LogP contribution in [0.3, 0.4) is 0 Å². The maximum Gasteiger partial charge on any atom is 0.326 e. The molecule has 1 amide bonds. The van der Waals surface area contributed by atoms with Crippen LogP contribution in [-0.4, -0.2) is 39.3 Å². The summed E-state index contributed by atoms with van der Waals surface area (Å²) in [4.78, 5) is 42.0. The first kappa shape index (κ1) is 15.7. The molecule has 3 heterocycles. The molecule has 23 heavy (non-hydrogen) atoms. The van der Waals surface area contributed by atoms with Crippen LogP contribution in [0.4, 0.5) is 0 Å². The summed E-state index contributed by atoms with van der Waals surface area (Å²) in [5, 5.41) is 1.77. The molecule has 0 atom stereocenters. The van der Waals surface area contributed by atoms with Gasteiger partial charge in [-0.25, -0.2) is 4.98 Å². The highest BCUT2D eigenvalue weighted by atomic mass is 32.1. The summed E-state index contributed by atoms with van der Waals surface area (Å²) < 4.78 is 6.60. The van der Waals surface area contributed by atoms with Gasteiger partial charge in [0.05, 0.1) is 5.69 Å². The van der Waals surface area contributed by atoms with E-state index in [9.17, 15) is 14.4 Å². The SMILES string of the molecule is O=C(CN1CCCCCC1=O)OCc1cc(=O)n2ccsc2n1. The molecule has 1 aliphatic rings. The lowest BCUT2D eigenvalue weighted by molar-refractivity contribution is -0.150. The Morgan fingerprint density at radius 1 is 1.30 bits per heavy atom. The second-order valence-corrected chi connectivity index (χ2v) is 6.30. The van der Waals surface area contributed by atoms with Crippen molar-refractivity contribution in [2.75, 3.05) is 13.1 Å². The van der Waals surface area contributed by atoms with Gasteiger partial charge in [-0.1, -0.05) is 6.42 Å². The maximum absolute atomic E-state index is 11.9. The van der Waals surface area contributed by atoms with Crippen LogP contribution in [0.5, 0.6) is 0 Å². The Morgan fingerprint density at radius 2 is 2.17 bits per heavy atom. The number of amides is 1. The van der Waals surface area contributed by atoms with E-state index in [-0.39, 0.29) is 24.6 Å². The normalized spacial score (nSPS) is 15.7. The summed E-state index contributed by atoms with van der Waals surface area (Å²) in [7, 11) is 0. The fraction of sp³-hybridized carbons (Fsp3) is 0.467. The van der Waals surface area contributed by atoms with Gasteiger partial charge in [-0.05, 0) is 12.8 Å². The van der Waals surface area contributed by atoms with E-state index < -0.39 is 5.97 Å². The molecule has 0 radical (unpaired) electrons. The molecule has 0 aliphatic carbocycles. The maximum atomic E-state index is 11.9. The molecule has 0 bridgehead atoms. The molecule has 0 spiro atoms. The summed E-state index contributed by atoms with van der Waals surface area (Å²) in [6, 6.07) is 1.35. The summed E-state index contributed by atoms with van der Waals surface area (Å²) in [5.41, 5.74) is 0.206. The van der Waals surface area contributed by atoms with E-state index >= 15 is 0 Å². The van der Waals surface area contributed by atoms with E-state index in [1.165, 1.54) is 21.8 Å². The number of hydrogen-bond acceptors (Lipinski definition) is 6. The van der Waals surface area contributed by atoms with Crippen molar-refractivity contribution in [3.63, 3.8) is 0 Å². The molecule has 3 rings (SSSR count). The molecule has 1 saturated heterocycles. The molecule has 8 heteroatoms. The zero-order chi connectivity index (χ0) is 16.2. The average molecular weight is 335 g/mol. The molecule has 0 aromatic carbocycles. The molecule has 1 fully saturated rings. The molecular weight excluding hydrogens is 318 g/mol. The van der Waals surface area contributed by atoms with Crippen LogP contribution in [0.15, 0.2) is 22.4 Å². The van der Waals surface area contributed by atoms with Crippen LogP contribution < -0.4 is 5.56 Å². The second-order valence-electron chi connectivity index (χ2n) is 5.43. The lowest BCUT2D eigenvalue weighted by atomic mass is 10.2. The Morgan fingerprint density at radius 3 is 3.04 bits per heavy atom. The minimum absolute atomic E-state index is 0.00387. The van der Waals surface area contributed by atoms with Crippen molar-refractivity contribution in [2.24, 2.45) is 0 Å². The first-order chi connectivity index (χ1) is 11.1. The van der Waals surface area contributed by atoms with Crippen molar-refractivity contribution in [1.82, 2.24) is 14.3 Å². The van der Waals surface area contributed by atoms with Gasteiger partial charge in [0.1, 0.15) is 13.2 Å². The van der Waals surface area contributed by atoms with Crippen LogP contribution >= 0.6 is 11.3 Å². The number of aromatic nitrogens is 2. The Labute approximate surface area is 136 Å². The number of hydrogen-bond donors (Lipinski definition) is 0. The number of carbonyl (C=O) groups is 2. The zero-order valence-corrected chi connectivity index (χ0v) is 13.4. The van der Waals surface area contributed by atoms with Crippen LogP contribution in [0.1, 0.15) is 31.4 Å². The third-order valence-corrected chi connectivity index (χ3v) is 4.49. The Hall–Kier alpha value is -2.22. The van der Waals surface area contributed by atoms with Gasteiger partial charge in [0.2, 0.25) is 5.91 Å². The van der Waals surface area contributed by atoms with E-state index in [0.29, 0.717) is 23.6 Å². The third kappa shape index (κ3) is 3.76. The van der Waals surface area contributed by atoms with Crippen LogP contribution in [0, 0.1) is 0 Å². The predicted molar refractivity (Wildman–Crippen MR) is 84.2 cm³/mol. The fourth-order valence-corrected chi connectivity index (χ4v) is 3.26. The van der Waals surface area contributed by atoms with E-state index in [0.717, 1.165) is 19.3 Å². The molecule has 122 valence electrons. The quantitative estimate of drug-likeness (QED) is 0.784. The standard InChI is InChI=1S/C15H17N3O4S/c19-12-4-2-1-3-5-17(12)9-14(21)22-10-11-8-13(20)18-6-7-23-15(18)16-11/h6-8H,1-5,9-10H2. The van der Waals surface area contributed by atoms with E-state index in [2.05, 4.69) is 4.98 Å². The number of carbonyl (C=O) groups excluding carboxylic acids is 2. The molecule has 2 aromatic heterocycles. The second kappa shape index (κ2) is 6.91. The molecule has 0 saturated carbocycles. The van der Waals surface area contributed by atoms with Gasteiger partial charge >= 0.3 is 5.97 Å². The summed E-state index contributed by atoms with van der Waals surface area (Å²) in [6.07, 6.45) is 4.92. The van der Waals surface area contributed by atoms with Gasteiger partial charge in [0, 0.05) is 30.6 Å². The summed E-state index contributed by atoms with van der Waals surface area (Å²) >= 11 is 1.34. The minimum atomic E-state index is -0.478. The van der Waals surface area contributed by atoms with Crippen molar-refractivity contribution in [3.8, 4) is 0 Å². The van der Waals surface area contributed by atoms with Gasteiger partial charge in [-0.2, -0.15) is 0 Å². The summed E-state index contributed by atoms with van der Waals surface area (Å²) in [6.45, 7) is 0.484. The van der Waals surface area contributed by atoms with Crippen LogP contribution in [-0.2, 0) is 20.9 Å². The highest BCUT2D eigenvalue weighted by molar-refractivity contribution is 7.15. The third-order valence-electron chi connectivity index (χ3n) is 3.73. The topological polar surface area (TPSA) is 81.0 Å². The van der Waals surface area contributed by atoms with Crippen molar-refractivity contribution in [2.45, 2.75) is 32.3 Å². The van der Waals surface area contributed by atoms with Crippen molar-refractivity contribution < 1.29 is 14.3 Å². The molecule has 0 N–H and O–H groups in total. The molecule has 1 aliphatic heterocycles. The number of likely N-dealkylation sites (tertiary alicyclic amines) is 1. The van der Waals surface area contributed by atoms with Gasteiger partial charge in [0.15, 0.2) is 4.96 Å². The van der Waals surface area contributed by atoms with E-state index in [1.807, 2.05) is 0 Å². The number of ether oxygens (including phenoxy) is 1. The average Bonchev–Trinajstić information content (AvgIpc) is 2.91. The lowest BCUT2D eigenvalue weighted by Gasteiger charge is -2.19. The molecule has 7 nitrogen and oxygen atoms in total. The highest BCUT2D eigenvalue weighted by Gasteiger charge is 2.20. The Bertz CT molecular complexity index is 782. The number of nitrogens with zero attached hydrogens (tertiary/aromatic N) is 3. The molecule has 0 unspecified atom stereocenters. The van der Waals surface area contributed by atoms with Gasteiger partial charge in [-0.15, -0.1) is 11.3 Å². The van der Waals surface area contributed by atoms with E-state index in [4.69, 9.17) is 4.74 Å². The Kier molecular flexibility index (Phi) is 4.71. The zero-order valence-electron chi connectivity index (χ0n) is 12.6. The molecule has 2 aromatic rings. The van der Waals surface area contributed by atoms with E-state index in [1.54, 1.807) is 16.5 Å². The van der Waals surface area contributed by atoms with Crippen molar-refractivity contribution in [3.05, 3.63) is 33.7 Å². The van der Waals surface area contributed by atoms with Gasteiger partial charge in [-0.3, -0.25) is 18.8 Å². The molecular formula is C15H17N3O4S. The fourth-order valence-electron chi connectivity index (χ4n) is 2.52. The Balaban J connectivity index is 1.59.